The topological polar surface area (TPSA) is 79.4 Å². The molecular weight excluding hydrogens is 350 g/mol. The van der Waals surface area contributed by atoms with Crippen molar-refractivity contribution >= 4 is 45.0 Å². The third-order valence-electron chi connectivity index (χ3n) is 4.94. The number of nitrogens with zero attached hydrogens (tertiary/aromatic N) is 2. The first-order valence-corrected chi connectivity index (χ1v) is 9.52. The molecule has 7 heteroatoms. The maximum atomic E-state index is 12.4. The molecule has 1 N–H and O–H groups in total. The van der Waals surface area contributed by atoms with Gasteiger partial charge in [0.15, 0.2) is 0 Å². The van der Waals surface area contributed by atoms with E-state index in [9.17, 15) is 14.4 Å². The van der Waals surface area contributed by atoms with Gasteiger partial charge in [0.25, 0.3) is 0 Å². The molecule has 2 aromatic rings. The Morgan fingerprint density at radius 1 is 1.23 bits per heavy atom. The zero-order valence-corrected chi connectivity index (χ0v) is 15.2. The third kappa shape index (κ3) is 3.03. The SMILES string of the molecule is Cc1nc2ccc(NC(=O)CCN3C(=O)C4CC=CCC4C3=O)cc2s1. The molecule has 4 rings (SSSR count). The molecule has 134 valence electrons. The lowest BCUT2D eigenvalue weighted by atomic mass is 9.85. The molecule has 0 spiro atoms. The number of aromatic nitrogens is 1. The van der Waals surface area contributed by atoms with Crippen LogP contribution in [0.3, 0.4) is 0 Å². The molecule has 6 nitrogen and oxygen atoms in total. The number of carbonyl (C=O) groups is 3. The summed E-state index contributed by atoms with van der Waals surface area (Å²) in [4.78, 5) is 42.7. The molecule has 1 fully saturated rings. The van der Waals surface area contributed by atoms with Crippen molar-refractivity contribution in [2.45, 2.75) is 26.2 Å². The second kappa shape index (κ2) is 6.64. The number of allylic oxidation sites excluding steroid dienone is 2. The summed E-state index contributed by atoms with van der Waals surface area (Å²) in [5.74, 6) is -0.975. The zero-order chi connectivity index (χ0) is 18.3. The van der Waals surface area contributed by atoms with Gasteiger partial charge in [-0.2, -0.15) is 0 Å². The number of likely N-dealkylation sites (tertiary alicyclic amines) is 1. The quantitative estimate of drug-likeness (QED) is 0.664. The van der Waals surface area contributed by atoms with Crippen LogP contribution in [0.15, 0.2) is 30.4 Å². The number of fused-ring (bicyclic) bond motifs is 2. The Morgan fingerprint density at radius 2 is 1.92 bits per heavy atom. The molecule has 1 aliphatic heterocycles. The Hall–Kier alpha value is -2.54. The highest BCUT2D eigenvalue weighted by atomic mass is 32.1. The van der Waals surface area contributed by atoms with Crippen molar-refractivity contribution in [1.29, 1.82) is 0 Å². The van der Waals surface area contributed by atoms with Crippen LogP contribution in [0.5, 0.6) is 0 Å². The molecule has 1 aromatic heterocycles. The summed E-state index contributed by atoms with van der Waals surface area (Å²) >= 11 is 1.57. The van der Waals surface area contributed by atoms with Gasteiger partial charge in [0.2, 0.25) is 17.7 Å². The third-order valence-corrected chi connectivity index (χ3v) is 5.87. The van der Waals surface area contributed by atoms with Gasteiger partial charge in [-0.25, -0.2) is 4.98 Å². The minimum atomic E-state index is -0.243. The van der Waals surface area contributed by atoms with E-state index in [-0.39, 0.29) is 42.5 Å². The smallest absolute Gasteiger partial charge is 0.233 e. The minimum Gasteiger partial charge on any atom is -0.326 e. The summed E-state index contributed by atoms with van der Waals surface area (Å²) in [7, 11) is 0. The van der Waals surface area contributed by atoms with Gasteiger partial charge in [-0.15, -0.1) is 11.3 Å². The van der Waals surface area contributed by atoms with Crippen molar-refractivity contribution in [2.75, 3.05) is 11.9 Å². The number of aryl methyl sites for hydroxylation is 1. The highest BCUT2D eigenvalue weighted by Crippen LogP contribution is 2.35. The Labute approximate surface area is 154 Å². The second-order valence-corrected chi connectivity index (χ2v) is 7.93. The normalized spacial score (nSPS) is 22.1. The van der Waals surface area contributed by atoms with Gasteiger partial charge < -0.3 is 5.32 Å². The lowest BCUT2D eigenvalue weighted by Crippen LogP contribution is -2.34. The van der Waals surface area contributed by atoms with Crippen molar-refractivity contribution in [3.8, 4) is 0 Å². The van der Waals surface area contributed by atoms with E-state index < -0.39 is 0 Å². The molecule has 2 heterocycles. The Bertz CT molecular complexity index is 907. The van der Waals surface area contributed by atoms with Crippen LogP contribution in [0, 0.1) is 18.8 Å². The molecule has 2 atom stereocenters. The molecule has 26 heavy (non-hydrogen) atoms. The average Bonchev–Trinajstić information content (AvgIpc) is 3.11. The van der Waals surface area contributed by atoms with Crippen molar-refractivity contribution in [3.05, 3.63) is 35.4 Å². The highest BCUT2D eigenvalue weighted by Gasteiger charge is 2.46. The van der Waals surface area contributed by atoms with Gasteiger partial charge in [-0.3, -0.25) is 19.3 Å². The first kappa shape index (κ1) is 16.9. The first-order chi connectivity index (χ1) is 12.5. The summed E-state index contributed by atoms with van der Waals surface area (Å²) in [6.07, 6.45) is 5.25. The van der Waals surface area contributed by atoms with E-state index in [1.54, 1.807) is 11.3 Å². The van der Waals surface area contributed by atoms with Crippen LogP contribution in [0.2, 0.25) is 0 Å². The number of hydrogen-bond acceptors (Lipinski definition) is 5. The summed E-state index contributed by atoms with van der Waals surface area (Å²) in [6.45, 7) is 2.08. The molecular formula is C19H19N3O3S. The van der Waals surface area contributed by atoms with Gasteiger partial charge in [0.1, 0.15) is 0 Å². The fourth-order valence-corrected chi connectivity index (χ4v) is 4.51. The van der Waals surface area contributed by atoms with E-state index >= 15 is 0 Å². The number of anilines is 1. The van der Waals surface area contributed by atoms with E-state index in [0.717, 1.165) is 15.2 Å². The fourth-order valence-electron chi connectivity index (χ4n) is 3.64. The van der Waals surface area contributed by atoms with Crippen molar-refractivity contribution in [3.63, 3.8) is 0 Å². The molecule has 1 aliphatic carbocycles. The van der Waals surface area contributed by atoms with Gasteiger partial charge in [0, 0.05) is 18.7 Å². The summed E-state index contributed by atoms with van der Waals surface area (Å²) in [5, 5.41) is 3.82. The Morgan fingerprint density at radius 3 is 2.62 bits per heavy atom. The monoisotopic (exact) mass is 369 g/mol. The minimum absolute atomic E-state index is 0.101. The number of carbonyl (C=O) groups excluding carboxylic acids is 3. The highest BCUT2D eigenvalue weighted by molar-refractivity contribution is 7.18. The molecule has 2 aliphatic rings. The van der Waals surface area contributed by atoms with Crippen LogP contribution in [-0.4, -0.2) is 34.2 Å². The van der Waals surface area contributed by atoms with Crippen molar-refractivity contribution in [1.82, 2.24) is 9.88 Å². The van der Waals surface area contributed by atoms with Crippen LogP contribution in [0.1, 0.15) is 24.3 Å². The fraction of sp³-hybridized carbons (Fsp3) is 0.368. The number of rotatable bonds is 4. The summed E-state index contributed by atoms with van der Waals surface area (Å²) < 4.78 is 1.02. The number of amides is 3. The lowest BCUT2D eigenvalue weighted by Gasteiger charge is -2.14. The van der Waals surface area contributed by atoms with Crippen LogP contribution in [0.4, 0.5) is 5.69 Å². The van der Waals surface area contributed by atoms with Crippen LogP contribution in [-0.2, 0) is 14.4 Å². The molecule has 0 radical (unpaired) electrons. The lowest BCUT2D eigenvalue weighted by molar-refractivity contribution is -0.140. The van der Waals surface area contributed by atoms with E-state index in [1.807, 2.05) is 37.3 Å². The maximum absolute atomic E-state index is 12.4. The largest absolute Gasteiger partial charge is 0.326 e. The van der Waals surface area contributed by atoms with Crippen molar-refractivity contribution in [2.24, 2.45) is 11.8 Å². The standard InChI is InChI=1S/C19H19N3O3S/c1-11-20-15-7-6-12(10-16(15)26-11)21-17(23)8-9-22-18(24)13-4-2-3-5-14(13)19(22)25/h2-3,6-7,10,13-14H,4-5,8-9H2,1H3,(H,21,23). The molecule has 2 unspecified atom stereocenters. The van der Waals surface area contributed by atoms with E-state index in [2.05, 4.69) is 10.3 Å². The molecule has 1 saturated heterocycles. The van der Waals surface area contributed by atoms with E-state index in [1.165, 1.54) is 4.90 Å². The molecule has 0 saturated carbocycles. The van der Waals surface area contributed by atoms with Crippen molar-refractivity contribution < 1.29 is 14.4 Å². The number of hydrogen-bond donors (Lipinski definition) is 1. The summed E-state index contributed by atoms with van der Waals surface area (Å²) in [6, 6.07) is 5.58. The predicted molar refractivity (Wildman–Crippen MR) is 99.7 cm³/mol. The van der Waals surface area contributed by atoms with E-state index in [4.69, 9.17) is 0 Å². The first-order valence-electron chi connectivity index (χ1n) is 8.70. The molecule has 3 amide bonds. The number of thiazole rings is 1. The average molecular weight is 369 g/mol. The number of benzene rings is 1. The zero-order valence-electron chi connectivity index (χ0n) is 14.4. The number of nitrogens with one attached hydrogen (secondary N) is 1. The second-order valence-electron chi connectivity index (χ2n) is 6.70. The van der Waals surface area contributed by atoms with Gasteiger partial charge in [0.05, 0.1) is 27.1 Å². The Kier molecular flexibility index (Phi) is 4.32. The van der Waals surface area contributed by atoms with Gasteiger partial charge >= 0.3 is 0 Å². The van der Waals surface area contributed by atoms with E-state index in [0.29, 0.717) is 18.5 Å². The van der Waals surface area contributed by atoms with Crippen LogP contribution >= 0.6 is 11.3 Å². The Balaban J connectivity index is 1.37. The molecule has 0 bridgehead atoms. The predicted octanol–water partition coefficient (Wildman–Crippen LogP) is 2.88. The number of imide groups is 1. The summed E-state index contributed by atoms with van der Waals surface area (Å²) in [5.41, 5.74) is 1.61. The van der Waals surface area contributed by atoms with Gasteiger partial charge in [-0.1, -0.05) is 12.2 Å². The molecule has 1 aromatic carbocycles. The van der Waals surface area contributed by atoms with Crippen LogP contribution in [0.25, 0.3) is 10.2 Å². The maximum Gasteiger partial charge on any atom is 0.233 e. The van der Waals surface area contributed by atoms with Crippen LogP contribution < -0.4 is 5.32 Å². The van der Waals surface area contributed by atoms with Gasteiger partial charge in [-0.05, 0) is 38.0 Å².